The first-order valence-corrected chi connectivity index (χ1v) is 5.70. The second-order valence-electron chi connectivity index (χ2n) is 4.16. The average molecular weight is 244 g/mol. The molecule has 1 atom stereocenters. The number of phenolic OH excluding ortho intramolecular Hbond substituents is 1. The molecule has 0 heterocycles. The van der Waals surface area contributed by atoms with Gasteiger partial charge in [-0.1, -0.05) is 38.3 Å². The molecule has 0 saturated carbocycles. The highest BCUT2D eigenvalue weighted by Crippen LogP contribution is 2.26. The van der Waals surface area contributed by atoms with Crippen LogP contribution in [0.5, 0.6) is 5.75 Å². The van der Waals surface area contributed by atoms with E-state index in [0.717, 1.165) is 24.0 Å². The molecule has 0 aromatic heterocycles. The molecule has 16 heavy (non-hydrogen) atoms. The molecule has 0 radical (unpaired) electrons. The van der Waals surface area contributed by atoms with Gasteiger partial charge in [0.1, 0.15) is 5.75 Å². The van der Waals surface area contributed by atoms with Crippen LogP contribution in [0.2, 0.25) is 0 Å². The van der Waals surface area contributed by atoms with Crippen LogP contribution in [-0.2, 0) is 0 Å². The van der Waals surface area contributed by atoms with Crippen LogP contribution in [0.4, 0.5) is 0 Å². The molecule has 3 N–H and O–H groups in total. The van der Waals surface area contributed by atoms with Crippen molar-refractivity contribution < 1.29 is 5.11 Å². The van der Waals surface area contributed by atoms with E-state index in [9.17, 15) is 5.11 Å². The van der Waals surface area contributed by atoms with Crippen LogP contribution in [-0.4, -0.2) is 5.11 Å². The number of phenols is 1. The van der Waals surface area contributed by atoms with Crippen molar-refractivity contribution in [2.24, 2.45) is 5.73 Å². The molecular formula is C13H22ClNO. The highest BCUT2D eigenvalue weighted by atomic mass is 35.5. The molecule has 0 aliphatic carbocycles. The van der Waals surface area contributed by atoms with Crippen LogP contribution >= 0.6 is 12.4 Å². The van der Waals surface area contributed by atoms with Gasteiger partial charge >= 0.3 is 0 Å². The Labute approximate surface area is 104 Å². The number of rotatable bonds is 5. The topological polar surface area (TPSA) is 46.2 Å². The third kappa shape index (κ3) is 4.42. The number of aromatic hydroxyl groups is 1. The molecule has 1 aromatic carbocycles. The lowest BCUT2D eigenvalue weighted by Crippen LogP contribution is -2.10. The maximum absolute atomic E-state index is 9.74. The predicted octanol–water partition coefficient (Wildman–Crippen LogP) is 3.70. The smallest absolute Gasteiger partial charge is 0.120 e. The second-order valence-corrected chi connectivity index (χ2v) is 4.16. The van der Waals surface area contributed by atoms with Crippen LogP contribution in [0.25, 0.3) is 0 Å². The van der Waals surface area contributed by atoms with Gasteiger partial charge in [-0.25, -0.2) is 0 Å². The van der Waals surface area contributed by atoms with Crippen molar-refractivity contribution in [3.05, 3.63) is 29.3 Å². The number of nitrogens with two attached hydrogens (primary N) is 1. The van der Waals surface area contributed by atoms with E-state index in [1.54, 1.807) is 6.07 Å². The maximum Gasteiger partial charge on any atom is 0.120 e. The Balaban J connectivity index is 0.00000225. The minimum Gasteiger partial charge on any atom is -0.508 e. The average Bonchev–Trinajstić information content (AvgIpc) is 2.17. The molecule has 0 aliphatic rings. The van der Waals surface area contributed by atoms with Crippen molar-refractivity contribution in [2.45, 2.75) is 45.6 Å². The summed E-state index contributed by atoms with van der Waals surface area (Å²) in [5, 5.41) is 9.74. The van der Waals surface area contributed by atoms with Crippen molar-refractivity contribution >= 4 is 12.4 Å². The first kappa shape index (κ1) is 15.3. The Bertz CT molecular complexity index is 315. The maximum atomic E-state index is 9.74. The zero-order valence-electron chi connectivity index (χ0n) is 10.1. The van der Waals surface area contributed by atoms with Gasteiger partial charge in [0.15, 0.2) is 0 Å². The van der Waals surface area contributed by atoms with E-state index in [1.165, 1.54) is 12.8 Å². The Morgan fingerprint density at radius 1 is 1.31 bits per heavy atom. The Hall–Kier alpha value is -0.730. The summed E-state index contributed by atoms with van der Waals surface area (Å²) in [5.41, 5.74) is 7.97. The molecule has 0 unspecified atom stereocenters. The SMILES string of the molecule is CCCCC[C@H](N)c1ccc(C)cc1O.Cl. The van der Waals surface area contributed by atoms with Gasteiger partial charge in [0.25, 0.3) is 0 Å². The molecule has 0 saturated heterocycles. The normalized spacial score (nSPS) is 11.9. The Morgan fingerprint density at radius 2 is 2.00 bits per heavy atom. The van der Waals surface area contributed by atoms with E-state index in [1.807, 2.05) is 19.1 Å². The molecule has 0 aliphatic heterocycles. The van der Waals surface area contributed by atoms with E-state index < -0.39 is 0 Å². The molecule has 2 nitrogen and oxygen atoms in total. The number of benzene rings is 1. The third-order valence-corrected chi connectivity index (χ3v) is 2.70. The van der Waals surface area contributed by atoms with Gasteiger partial charge in [0, 0.05) is 11.6 Å². The fraction of sp³-hybridized carbons (Fsp3) is 0.538. The van der Waals surface area contributed by atoms with Crippen LogP contribution in [0.15, 0.2) is 18.2 Å². The van der Waals surface area contributed by atoms with E-state index in [0.29, 0.717) is 5.75 Å². The first-order chi connectivity index (χ1) is 7.15. The molecule has 1 rings (SSSR count). The number of halogens is 1. The molecule has 1 aromatic rings. The summed E-state index contributed by atoms with van der Waals surface area (Å²) in [5.74, 6) is 0.332. The highest BCUT2D eigenvalue weighted by molar-refractivity contribution is 5.85. The van der Waals surface area contributed by atoms with Gasteiger partial charge < -0.3 is 10.8 Å². The number of unbranched alkanes of at least 4 members (excludes halogenated alkanes) is 2. The molecule has 92 valence electrons. The van der Waals surface area contributed by atoms with E-state index in [-0.39, 0.29) is 18.4 Å². The van der Waals surface area contributed by atoms with Crippen molar-refractivity contribution in [3.63, 3.8) is 0 Å². The van der Waals surface area contributed by atoms with Gasteiger partial charge in [0.05, 0.1) is 0 Å². The molecule has 0 bridgehead atoms. The van der Waals surface area contributed by atoms with Gasteiger partial charge in [-0.3, -0.25) is 0 Å². The second kappa shape index (κ2) is 7.53. The minimum absolute atomic E-state index is 0. The van der Waals surface area contributed by atoms with Crippen molar-refractivity contribution in [1.82, 2.24) is 0 Å². The van der Waals surface area contributed by atoms with Crippen LogP contribution in [0.1, 0.15) is 49.8 Å². The zero-order valence-corrected chi connectivity index (χ0v) is 10.9. The molecular weight excluding hydrogens is 222 g/mol. The Kier molecular flexibility index (Phi) is 7.18. The summed E-state index contributed by atoms with van der Waals surface area (Å²) in [4.78, 5) is 0. The summed E-state index contributed by atoms with van der Waals surface area (Å²) in [6, 6.07) is 5.67. The summed E-state index contributed by atoms with van der Waals surface area (Å²) in [6.45, 7) is 4.14. The predicted molar refractivity (Wildman–Crippen MR) is 71.2 cm³/mol. The van der Waals surface area contributed by atoms with Crippen molar-refractivity contribution in [2.75, 3.05) is 0 Å². The highest BCUT2D eigenvalue weighted by Gasteiger charge is 2.09. The van der Waals surface area contributed by atoms with Crippen molar-refractivity contribution in [1.29, 1.82) is 0 Å². The number of hydrogen-bond donors (Lipinski definition) is 2. The third-order valence-electron chi connectivity index (χ3n) is 2.70. The molecule has 0 fully saturated rings. The zero-order chi connectivity index (χ0) is 11.3. The largest absolute Gasteiger partial charge is 0.508 e. The van der Waals surface area contributed by atoms with E-state index in [4.69, 9.17) is 5.73 Å². The fourth-order valence-corrected chi connectivity index (χ4v) is 1.74. The summed E-state index contributed by atoms with van der Waals surface area (Å²) in [6.07, 6.45) is 4.49. The van der Waals surface area contributed by atoms with Gasteiger partial charge in [0.2, 0.25) is 0 Å². The fourth-order valence-electron chi connectivity index (χ4n) is 1.74. The van der Waals surface area contributed by atoms with Crippen molar-refractivity contribution in [3.8, 4) is 5.75 Å². The standard InChI is InChI=1S/C13H21NO.ClH/c1-3-4-5-6-12(14)11-8-7-10(2)9-13(11)15;/h7-9,12,15H,3-6,14H2,1-2H3;1H/t12-;/m0./s1. The van der Waals surface area contributed by atoms with E-state index >= 15 is 0 Å². The monoisotopic (exact) mass is 243 g/mol. The first-order valence-electron chi connectivity index (χ1n) is 5.70. The number of hydrogen-bond acceptors (Lipinski definition) is 2. The summed E-state index contributed by atoms with van der Waals surface area (Å²) < 4.78 is 0. The van der Waals surface area contributed by atoms with Crippen LogP contribution in [0, 0.1) is 6.92 Å². The lowest BCUT2D eigenvalue weighted by Gasteiger charge is -2.13. The lowest BCUT2D eigenvalue weighted by atomic mass is 9.99. The molecule has 0 spiro atoms. The Morgan fingerprint density at radius 3 is 2.56 bits per heavy atom. The van der Waals surface area contributed by atoms with E-state index in [2.05, 4.69) is 6.92 Å². The van der Waals surface area contributed by atoms with Crippen LogP contribution in [0.3, 0.4) is 0 Å². The molecule has 0 amide bonds. The van der Waals surface area contributed by atoms with Gasteiger partial charge in [-0.2, -0.15) is 0 Å². The van der Waals surface area contributed by atoms with Gasteiger partial charge in [-0.15, -0.1) is 12.4 Å². The summed E-state index contributed by atoms with van der Waals surface area (Å²) in [7, 11) is 0. The minimum atomic E-state index is -0.0304. The number of aryl methyl sites for hydroxylation is 1. The summed E-state index contributed by atoms with van der Waals surface area (Å²) >= 11 is 0. The van der Waals surface area contributed by atoms with Crippen LogP contribution < -0.4 is 5.73 Å². The molecule has 3 heteroatoms. The quantitative estimate of drug-likeness (QED) is 0.775. The van der Waals surface area contributed by atoms with Gasteiger partial charge in [-0.05, 0) is 25.0 Å². The lowest BCUT2D eigenvalue weighted by molar-refractivity contribution is 0.455.